The average molecular weight is 537 g/mol. The zero-order valence-electron chi connectivity index (χ0n) is 21.2. The van der Waals surface area contributed by atoms with Gasteiger partial charge in [-0.25, -0.2) is 4.79 Å². The number of amides is 2. The molecule has 1 fully saturated rings. The summed E-state index contributed by atoms with van der Waals surface area (Å²) in [5.41, 5.74) is 3.33. The number of nitrogens with zero attached hydrogens (tertiary/aromatic N) is 1. The molecule has 0 spiro atoms. The Balaban J connectivity index is 1.33. The molecule has 4 rings (SSSR count). The Labute approximate surface area is 225 Å². The molecule has 2 aromatic carbocycles. The first kappa shape index (κ1) is 27.5. The molecule has 38 heavy (non-hydrogen) atoms. The summed E-state index contributed by atoms with van der Waals surface area (Å²) in [5, 5.41) is 25.3. The number of thiophene rings is 1. The summed E-state index contributed by atoms with van der Waals surface area (Å²) in [6, 6.07) is 18.5. The standard InChI is InChI=1S/C29H32N2O6S/c1-2-16-37-29(36)26-22(14-17-38-26)20-12-10-19(11-13-20)18-30-27(34)24(32)25(33)28(35)31-15-6-9-23(31)21-7-4-3-5-8-21/h3-5,7-8,10-14,17,23-25,32-33H,2,6,9,15-16,18H2,1H3,(H,30,34)/t23-,24-,25-/m1/s1. The molecule has 200 valence electrons. The van der Waals surface area contributed by atoms with Gasteiger partial charge < -0.3 is 25.2 Å². The van der Waals surface area contributed by atoms with Crippen molar-refractivity contribution in [3.8, 4) is 11.1 Å². The van der Waals surface area contributed by atoms with Crippen LogP contribution in [0.3, 0.4) is 0 Å². The van der Waals surface area contributed by atoms with E-state index in [1.165, 1.54) is 16.2 Å². The molecular formula is C29H32N2O6S. The molecule has 2 amide bonds. The van der Waals surface area contributed by atoms with Crippen molar-refractivity contribution in [2.24, 2.45) is 0 Å². The van der Waals surface area contributed by atoms with E-state index < -0.39 is 24.0 Å². The van der Waals surface area contributed by atoms with Crippen molar-refractivity contribution < 1.29 is 29.3 Å². The van der Waals surface area contributed by atoms with Crippen molar-refractivity contribution in [2.45, 2.75) is 51.0 Å². The first-order chi connectivity index (χ1) is 18.4. The minimum absolute atomic E-state index is 0.0997. The van der Waals surface area contributed by atoms with Crippen LogP contribution in [0.5, 0.6) is 0 Å². The highest BCUT2D eigenvalue weighted by atomic mass is 32.1. The average Bonchev–Trinajstić information content (AvgIpc) is 3.65. The maximum atomic E-state index is 12.9. The fraction of sp³-hybridized carbons (Fsp3) is 0.345. The van der Waals surface area contributed by atoms with E-state index in [2.05, 4.69) is 5.32 Å². The molecule has 0 unspecified atom stereocenters. The monoisotopic (exact) mass is 536 g/mol. The van der Waals surface area contributed by atoms with Crippen LogP contribution in [-0.2, 0) is 20.9 Å². The third-order valence-electron chi connectivity index (χ3n) is 6.56. The van der Waals surface area contributed by atoms with E-state index in [9.17, 15) is 24.6 Å². The maximum absolute atomic E-state index is 12.9. The van der Waals surface area contributed by atoms with Crippen LogP contribution in [0.25, 0.3) is 11.1 Å². The first-order valence-electron chi connectivity index (χ1n) is 12.7. The highest BCUT2D eigenvalue weighted by Gasteiger charge is 2.38. The molecule has 1 aliphatic heterocycles. The third kappa shape index (κ3) is 6.30. The number of hydrogen-bond donors (Lipinski definition) is 3. The summed E-state index contributed by atoms with van der Waals surface area (Å²) in [4.78, 5) is 39.9. The van der Waals surface area contributed by atoms with Crippen LogP contribution < -0.4 is 5.32 Å². The minimum Gasteiger partial charge on any atom is -0.462 e. The lowest BCUT2D eigenvalue weighted by Crippen LogP contribution is -2.50. The summed E-state index contributed by atoms with van der Waals surface area (Å²) in [7, 11) is 0. The number of esters is 1. The number of ether oxygens (including phenoxy) is 1. The molecule has 1 saturated heterocycles. The Hall–Kier alpha value is -3.53. The van der Waals surface area contributed by atoms with Gasteiger partial charge in [0.1, 0.15) is 4.88 Å². The second kappa shape index (κ2) is 12.8. The number of aliphatic hydroxyl groups is 2. The van der Waals surface area contributed by atoms with Crippen molar-refractivity contribution in [1.29, 1.82) is 0 Å². The SMILES string of the molecule is CCCOC(=O)c1sccc1-c1ccc(CNC(=O)[C@H](O)[C@@H](O)C(=O)N2CCC[C@@H]2c2ccccc2)cc1. The van der Waals surface area contributed by atoms with Crippen LogP contribution in [0, 0.1) is 0 Å². The Morgan fingerprint density at radius 2 is 1.79 bits per heavy atom. The van der Waals surface area contributed by atoms with Gasteiger partial charge in [-0.3, -0.25) is 9.59 Å². The lowest BCUT2D eigenvalue weighted by atomic mass is 10.0. The van der Waals surface area contributed by atoms with Crippen molar-refractivity contribution in [1.82, 2.24) is 10.2 Å². The van der Waals surface area contributed by atoms with Gasteiger partial charge in [0.05, 0.1) is 12.6 Å². The van der Waals surface area contributed by atoms with Crippen LogP contribution in [-0.4, -0.2) is 58.3 Å². The zero-order valence-corrected chi connectivity index (χ0v) is 22.0. The van der Waals surface area contributed by atoms with Crippen LogP contribution in [0.2, 0.25) is 0 Å². The number of likely N-dealkylation sites (tertiary alicyclic amines) is 1. The number of carbonyl (C=O) groups excluding carboxylic acids is 3. The van der Waals surface area contributed by atoms with Gasteiger partial charge >= 0.3 is 5.97 Å². The van der Waals surface area contributed by atoms with Crippen LogP contribution in [0.4, 0.5) is 0 Å². The molecule has 1 aliphatic rings. The lowest BCUT2D eigenvalue weighted by Gasteiger charge is -2.28. The van der Waals surface area contributed by atoms with Crippen LogP contribution in [0.15, 0.2) is 66.0 Å². The van der Waals surface area contributed by atoms with Crippen molar-refractivity contribution >= 4 is 29.1 Å². The molecule has 8 nitrogen and oxygen atoms in total. The number of rotatable bonds is 10. The van der Waals surface area contributed by atoms with Gasteiger partial charge in [-0.2, -0.15) is 0 Å². The van der Waals surface area contributed by atoms with Crippen molar-refractivity contribution in [2.75, 3.05) is 13.2 Å². The van der Waals surface area contributed by atoms with Crippen LogP contribution >= 0.6 is 11.3 Å². The number of nitrogens with one attached hydrogen (secondary N) is 1. The van der Waals surface area contributed by atoms with E-state index in [1.807, 2.05) is 60.8 Å². The Bertz CT molecular complexity index is 1240. The number of hydrogen-bond acceptors (Lipinski definition) is 7. The highest BCUT2D eigenvalue weighted by molar-refractivity contribution is 7.12. The predicted octanol–water partition coefficient (Wildman–Crippen LogP) is 3.68. The topological polar surface area (TPSA) is 116 Å². The normalized spacial score (nSPS) is 16.6. The van der Waals surface area contributed by atoms with Gasteiger partial charge in [-0.15, -0.1) is 11.3 Å². The van der Waals surface area contributed by atoms with Crippen molar-refractivity contribution in [3.05, 3.63) is 82.0 Å². The van der Waals surface area contributed by atoms with Gasteiger partial charge in [0.25, 0.3) is 11.8 Å². The lowest BCUT2D eigenvalue weighted by molar-refractivity contribution is -0.153. The third-order valence-corrected chi connectivity index (χ3v) is 7.45. The second-order valence-electron chi connectivity index (χ2n) is 9.20. The maximum Gasteiger partial charge on any atom is 0.348 e. The molecule has 0 aliphatic carbocycles. The summed E-state index contributed by atoms with van der Waals surface area (Å²) in [5.74, 6) is -1.84. The molecule has 9 heteroatoms. The largest absolute Gasteiger partial charge is 0.462 e. The van der Waals surface area contributed by atoms with E-state index in [-0.39, 0.29) is 18.6 Å². The molecule has 1 aromatic heterocycles. The number of benzene rings is 2. The quantitative estimate of drug-likeness (QED) is 0.341. The Kier molecular flexibility index (Phi) is 9.28. The number of aliphatic hydroxyl groups excluding tert-OH is 2. The predicted molar refractivity (Wildman–Crippen MR) is 144 cm³/mol. The fourth-order valence-electron chi connectivity index (χ4n) is 4.55. The molecule has 3 atom stereocenters. The van der Waals surface area contributed by atoms with Crippen LogP contribution in [0.1, 0.15) is 53.0 Å². The van der Waals surface area contributed by atoms with E-state index in [0.717, 1.165) is 41.5 Å². The smallest absolute Gasteiger partial charge is 0.348 e. The van der Waals surface area contributed by atoms with E-state index in [4.69, 9.17) is 4.74 Å². The van der Waals surface area contributed by atoms with E-state index in [0.29, 0.717) is 18.0 Å². The zero-order chi connectivity index (χ0) is 27.1. The molecular weight excluding hydrogens is 504 g/mol. The summed E-state index contributed by atoms with van der Waals surface area (Å²) in [6.07, 6.45) is -1.46. The van der Waals surface area contributed by atoms with E-state index in [1.54, 1.807) is 12.1 Å². The molecule has 0 bridgehead atoms. The van der Waals surface area contributed by atoms with Crippen molar-refractivity contribution in [3.63, 3.8) is 0 Å². The Morgan fingerprint density at radius 3 is 2.50 bits per heavy atom. The number of carbonyl (C=O) groups is 3. The molecule has 0 saturated carbocycles. The van der Waals surface area contributed by atoms with Gasteiger partial charge in [0, 0.05) is 18.7 Å². The Morgan fingerprint density at radius 1 is 1.05 bits per heavy atom. The minimum atomic E-state index is -1.89. The molecule has 0 radical (unpaired) electrons. The molecule has 3 aromatic rings. The van der Waals surface area contributed by atoms with Gasteiger partial charge in [0.15, 0.2) is 12.2 Å². The fourth-order valence-corrected chi connectivity index (χ4v) is 5.36. The van der Waals surface area contributed by atoms with Gasteiger partial charge in [-0.05, 0) is 47.4 Å². The van der Waals surface area contributed by atoms with E-state index >= 15 is 0 Å². The molecule has 2 heterocycles. The summed E-state index contributed by atoms with van der Waals surface area (Å²) < 4.78 is 5.26. The first-order valence-corrected chi connectivity index (χ1v) is 13.6. The summed E-state index contributed by atoms with van der Waals surface area (Å²) >= 11 is 1.32. The summed E-state index contributed by atoms with van der Waals surface area (Å²) in [6.45, 7) is 2.86. The van der Waals surface area contributed by atoms with Gasteiger partial charge in [-0.1, -0.05) is 61.5 Å². The van der Waals surface area contributed by atoms with Gasteiger partial charge in [0.2, 0.25) is 0 Å². The molecule has 3 N–H and O–H groups in total. The second-order valence-corrected chi connectivity index (χ2v) is 10.1. The highest BCUT2D eigenvalue weighted by Crippen LogP contribution is 2.32.